The smallest absolute Gasteiger partial charge is 0.318 e. The van der Waals surface area contributed by atoms with Crippen LogP contribution in [-0.2, 0) is 13.1 Å². The van der Waals surface area contributed by atoms with Gasteiger partial charge in [-0.15, -0.1) is 0 Å². The van der Waals surface area contributed by atoms with Crippen molar-refractivity contribution in [2.45, 2.75) is 26.1 Å². The molecule has 0 aliphatic rings. The molecule has 0 aliphatic carbocycles. The molecule has 1 N–H and O–H groups in total. The Hall–Kier alpha value is -3.02. The van der Waals surface area contributed by atoms with Gasteiger partial charge in [-0.1, -0.05) is 30.3 Å². The van der Waals surface area contributed by atoms with E-state index in [0.29, 0.717) is 6.54 Å². The minimum absolute atomic E-state index is 0.140. The summed E-state index contributed by atoms with van der Waals surface area (Å²) in [5.41, 5.74) is 1.19. The quantitative estimate of drug-likeness (QED) is 0.749. The Balaban J connectivity index is 1.58. The van der Waals surface area contributed by atoms with Gasteiger partial charge in [0.25, 0.3) is 0 Å². The van der Waals surface area contributed by atoms with Gasteiger partial charge in [0.2, 0.25) is 0 Å². The van der Waals surface area contributed by atoms with E-state index < -0.39 is 0 Å². The number of nitrogens with zero attached hydrogens (tertiary/aromatic N) is 3. The Bertz CT molecular complexity index is 796. The molecule has 6 nitrogen and oxygen atoms in total. The van der Waals surface area contributed by atoms with E-state index in [4.69, 9.17) is 4.42 Å². The molecule has 3 aromatic rings. The van der Waals surface area contributed by atoms with Crippen LogP contribution in [0.2, 0.25) is 0 Å². The van der Waals surface area contributed by atoms with E-state index in [2.05, 4.69) is 22.4 Å². The van der Waals surface area contributed by atoms with Gasteiger partial charge in [-0.25, -0.2) is 9.78 Å². The zero-order valence-electron chi connectivity index (χ0n) is 14.4. The third kappa shape index (κ3) is 4.09. The van der Waals surface area contributed by atoms with Crippen LogP contribution < -0.4 is 5.32 Å². The molecule has 0 bridgehead atoms. The second-order valence-electron chi connectivity index (χ2n) is 5.92. The van der Waals surface area contributed by atoms with Crippen LogP contribution in [-0.4, -0.2) is 27.5 Å². The van der Waals surface area contributed by atoms with Crippen LogP contribution in [0.5, 0.6) is 0 Å². The molecule has 2 amide bonds. The Labute approximate surface area is 147 Å². The maximum Gasteiger partial charge on any atom is 0.318 e. The number of furan rings is 1. The lowest BCUT2D eigenvalue weighted by molar-refractivity contribution is 0.186. The van der Waals surface area contributed by atoms with Crippen LogP contribution in [0.4, 0.5) is 4.79 Å². The highest BCUT2D eigenvalue weighted by molar-refractivity contribution is 5.74. The monoisotopic (exact) mass is 338 g/mol. The van der Waals surface area contributed by atoms with Crippen molar-refractivity contribution < 1.29 is 9.21 Å². The maximum absolute atomic E-state index is 12.4. The predicted octanol–water partition coefficient (Wildman–Crippen LogP) is 3.43. The molecule has 25 heavy (non-hydrogen) atoms. The van der Waals surface area contributed by atoms with Crippen LogP contribution in [0.3, 0.4) is 0 Å². The van der Waals surface area contributed by atoms with Crippen LogP contribution in [0.25, 0.3) is 0 Å². The van der Waals surface area contributed by atoms with Crippen LogP contribution in [0.15, 0.2) is 65.5 Å². The van der Waals surface area contributed by atoms with Gasteiger partial charge in [0.15, 0.2) is 0 Å². The van der Waals surface area contributed by atoms with E-state index in [1.807, 2.05) is 48.0 Å². The lowest BCUT2D eigenvalue weighted by atomic mass is 10.2. The molecule has 0 saturated heterocycles. The van der Waals surface area contributed by atoms with E-state index in [0.717, 1.165) is 18.1 Å². The summed E-state index contributed by atoms with van der Waals surface area (Å²) in [4.78, 5) is 18.3. The first-order valence-electron chi connectivity index (χ1n) is 8.23. The topological polar surface area (TPSA) is 63.3 Å². The van der Waals surface area contributed by atoms with Gasteiger partial charge in [0.1, 0.15) is 11.6 Å². The van der Waals surface area contributed by atoms with Crippen molar-refractivity contribution >= 4 is 6.03 Å². The standard InChI is InChI=1S/C19H22N4O2/c1-15(17-9-6-12-25-17)22(2)19(24)21-13-18-20-10-11-23(18)14-16-7-4-3-5-8-16/h3-12,15H,13-14H2,1-2H3,(H,21,24). The molecule has 2 aromatic heterocycles. The molecule has 6 heteroatoms. The van der Waals surface area contributed by atoms with E-state index in [1.165, 1.54) is 5.56 Å². The third-order valence-corrected chi connectivity index (χ3v) is 4.25. The van der Waals surface area contributed by atoms with Crippen LogP contribution in [0.1, 0.15) is 30.1 Å². The number of aromatic nitrogens is 2. The number of nitrogens with one attached hydrogen (secondary N) is 1. The SMILES string of the molecule is CC(c1ccco1)N(C)C(=O)NCc1nccn1Cc1ccccc1. The Morgan fingerprint density at radius 2 is 2.08 bits per heavy atom. The van der Waals surface area contributed by atoms with Crippen molar-refractivity contribution in [2.75, 3.05) is 7.05 Å². The third-order valence-electron chi connectivity index (χ3n) is 4.25. The summed E-state index contributed by atoms with van der Waals surface area (Å²) in [5.74, 6) is 1.57. The van der Waals surface area contributed by atoms with Crippen molar-refractivity contribution in [1.82, 2.24) is 19.8 Å². The average Bonchev–Trinajstić information content (AvgIpc) is 3.31. The summed E-state index contributed by atoms with van der Waals surface area (Å²) in [6, 6.07) is 13.5. The first-order chi connectivity index (χ1) is 12.1. The summed E-state index contributed by atoms with van der Waals surface area (Å²) < 4.78 is 7.40. The lowest BCUT2D eigenvalue weighted by Gasteiger charge is -2.23. The molecule has 0 aliphatic heterocycles. The highest BCUT2D eigenvalue weighted by Gasteiger charge is 2.19. The first kappa shape index (κ1) is 16.8. The molecule has 3 rings (SSSR count). The van der Waals surface area contributed by atoms with Crippen molar-refractivity contribution in [3.8, 4) is 0 Å². The van der Waals surface area contributed by atoms with E-state index in [1.54, 1.807) is 24.4 Å². The van der Waals surface area contributed by atoms with Gasteiger partial charge < -0.3 is 19.2 Å². The summed E-state index contributed by atoms with van der Waals surface area (Å²) >= 11 is 0. The van der Waals surface area contributed by atoms with Crippen molar-refractivity contribution in [3.63, 3.8) is 0 Å². The molecule has 2 heterocycles. The fourth-order valence-corrected chi connectivity index (χ4v) is 2.61. The number of carbonyl (C=O) groups excluding carboxylic acids is 1. The molecule has 1 atom stereocenters. The lowest BCUT2D eigenvalue weighted by Crippen LogP contribution is -2.38. The first-order valence-corrected chi connectivity index (χ1v) is 8.23. The number of rotatable bonds is 6. The molecular weight excluding hydrogens is 316 g/mol. The highest BCUT2D eigenvalue weighted by atomic mass is 16.3. The molecule has 130 valence electrons. The van der Waals surface area contributed by atoms with Crippen LogP contribution >= 0.6 is 0 Å². The average molecular weight is 338 g/mol. The Morgan fingerprint density at radius 3 is 2.80 bits per heavy atom. The Kier molecular flexibility index (Phi) is 5.18. The number of imidazole rings is 1. The largest absolute Gasteiger partial charge is 0.467 e. The summed E-state index contributed by atoms with van der Waals surface area (Å²) in [5, 5.41) is 2.92. The van der Waals surface area contributed by atoms with E-state index >= 15 is 0 Å². The second-order valence-corrected chi connectivity index (χ2v) is 5.92. The van der Waals surface area contributed by atoms with Crippen LogP contribution in [0, 0.1) is 0 Å². The van der Waals surface area contributed by atoms with E-state index in [9.17, 15) is 4.79 Å². The molecule has 0 radical (unpaired) electrons. The van der Waals surface area contributed by atoms with E-state index in [-0.39, 0.29) is 12.1 Å². The van der Waals surface area contributed by atoms with Gasteiger partial charge in [0.05, 0.1) is 18.8 Å². The molecule has 1 unspecified atom stereocenters. The van der Waals surface area contributed by atoms with Gasteiger partial charge in [0, 0.05) is 26.0 Å². The number of hydrogen-bond donors (Lipinski definition) is 1. The zero-order chi connectivity index (χ0) is 17.6. The van der Waals surface area contributed by atoms with Gasteiger partial charge >= 0.3 is 6.03 Å². The summed E-state index contributed by atoms with van der Waals surface area (Å²) in [7, 11) is 1.75. The zero-order valence-corrected chi connectivity index (χ0v) is 14.4. The molecule has 0 saturated carbocycles. The summed E-state index contributed by atoms with van der Waals surface area (Å²) in [6.45, 7) is 3.02. The number of benzene rings is 1. The molecular formula is C19H22N4O2. The van der Waals surface area contributed by atoms with Crippen molar-refractivity contribution in [2.24, 2.45) is 0 Å². The number of hydrogen-bond acceptors (Lipinski definition) is 3. The maximum atomic E-state index is 12.4. The van der Waals surface area contributed by atoms with Crippen molar-refractivity contribution in [1.29, 1.82) is 0 Å². The number of carbonyl (C=O) groups is 1. The normalized spacial score (nSPS) is 11.9. The fourth-order valence-electron chi connectivity index (χ4n) is 2.61. The minimum Gasteiger partial charge on any atom is -0.467 e. The van der Waals surface area contributed by atoms with Gasteiger partial charge in [-0.2, -0.15) is 0 Å². The number of amides is 2. The minimum atomic E-state index is -0.168. The van der Waals surface area contributed by atoms with Gasteiger partial charge in [-0.3, -0.25) is 0 Å². The number of urea groups is 1. The van der Waals surface area contributed by atoms with Gasteiger partial charge in [-0.05, 0) is 24.6 Å². The Morgan fingerprint density at radius 1 is 1.28 bits per heavy atom. The second kappa shape index (κ2) is 7.70. The summed E-state index contributed by atoms with van der Waals surface area (Å²) in [6.07, 6.45) is 5.28. The molecule has 0 spiro atoms. The highest BCUT2D eigenvalue weighted by Crippen LogP contribution is 2.18. The molecule has 0 fully saturated rings. The predicted molar refractivity (Wildman–Crippen MR) is 94.9 cm³/mol. The fraction of sp³-hybridized carbons (Fsp3) is 0.263. The van der Waals surface area contributed by atoms with Crippen molar-refractivity contribution in [3.05, 3.63) is 78.3 Å². The molecule has 1 aromatic carbocycles.